The number of primary amides is 1. The number of nitrogens with two attached hydrogens (primary N) is 1. The van der Waals surface area contributed by atoms with Gasteiger partial charge in [-0.1, -0.05) is 26.3 Å². The first kappa shape index (κ1) is 25.4. The maximum atomic E-state index is 12.0. The number of carbonyl (C=O) groups excluding carboxylic acids is 3. The molecule has 158 valence electrons. The minimum Gasteiger partial charge on any atom is -0.491 e. The van der Waals surface area contributed by atoms with Crippen molar-refractivity contribution in [3.8, 4) is 5.75 Å². The Balaban J connectivity index is 0.000000612. The number of fused-ring (bicyclic) bond motifs is 1. The Hall–Kier alpha value is -2.57. The molecule has 0 aromatic heterocycles. The number of ether oxygens (including phenoxy) is 2. The maximum Gasteiger partial charge on any atom is 0.293 e. The molecule has 0 bridgehead atoms. The van der Waals surface area contributed by atoms with Crippen LogP contribution in [0.5, 0.6) is 5.75 Å². The maximum absolute atomic E-state index is 12.0. The average molecular weight is 395 g/mol. The largest absolute Gasteiger partial charge is 0.491 e. The lowest BCUT2D eigenvalue weighted by molar-refractivity contribution is -0.138. The van der Waals surface area contributed by atoms with Crippen LogP contribution in [-0.2, 0) is 20.9 Å². The molecule has 0 unspecified atom stereocenters. The molecule has 0 saturated heterocycles. The van der Waals surface area contributed by atoms with E-state index < -0.39 is 5.91 Å². The molecule has 1 aliphatic heterocycles. The molecule has 0 saturated carbocycles. The minimum atomic E-state index is -0.512. The van der Waals surface area contributed by atoms with Crippen molar-refractivity contribution in [1.82, 2.24) is 4.90 Å². The van der Waals surface area contributed by atoms with E-state index in [1.54, 1.807) is 12.1 Å². The van der Waals surface area contributed by atoms with Crippen LogP contribution in [0.4, 0.5) is 0 Å². The van der Waals surface area contributed by atoms with Crippen LogP contribution in [0.15, 0.2) is 18.2 Å². The third kappa shape index (κ3) is 9.39. The summed E-state index contributed by atoms with van der Waals surface area (Å²) in [5.74, 6) is 0.0170. The van der Waals surface area contributed by atoms with E-state index >= 15 is 0 Å². The zero-order valence-corrected chi connectivity index (χ0v) is 18.1. The summed E-state index contributed by atoms with van der Waals surface area (Å²) in [6.07, 6.45) is 1.29. The molecule has 1 heterocycles. The van der Waals surface area contributed by atoms with Crippen molar-refractivity contribution in [2.75, 3.05) is 6.54 Å². The van der Waals surface area contributed by atoms with Crippen molar-refractivity contribution in [2.45, 2.75) is 73.1 Å². The monoisotopic (exact) mass is 394 g/mol. The summed E-state index contributed by atoms with van der Waals surface area (Å²) in [6, 6.07) is 5.36. The second-order valence-corrected chi connectivity index (χ2v) is 7.61. The van der Waals surface area contributed by atoms with E-state index in [0.29, 0.717) is 24.3 Å². The predicted molar refractivity (Wildman–Crippen MR) is 109 cm³/mol. The van der Waals surface area contributed by atoms with Gasteiger partial charge in [-0.3, -0.25) is 14.4 Å². The molecule has 2 rings (SSSR count). The third-order valence-corrected chi connectivity index (χ3v) is 3.11. The Labute approximate surface area is 168 Å². The second-order valence-electron chi connectivity index (χ2n) is 7.61. The van der Waals surface area contributed by atoms with Gasteiger partial charge in [0.05, 0.1) is 19.2 Å². The van der Waals surface area contributed by atoms with Crippen molar-refractivity contribution in [3.05, 3.63) is 29.3 Å². The molecular weight excluding hydrogens is 360 g/mol. The van der Waals surface area contributed by atoms with E-state index in [-0.39, 0.29) is 24.2 Å². The first-order valence-electron chi connectivity index (χ1n) is 9.44. The van der Waals surface area contributed by atoms with E-state index in [0.717, 1.165) is 5.56 Å². The zero-order valence-electron chi connectivity index (χ0n) is 18.1. The van der Waals surface area contributed by atoms with E-state index in [1.807, 2.05) is 40.7 Å². The zero-order chi connectivity index (χ0) is 21.9. The molecular formula is C21H34N2O5. The lowest BCUT2D eigenvalue weighted by Crippen LogP contribution is -2.33. The molecule has 0 atom stereocenters. The summed E-state index contributed by atoms with van der Waals surface area (Å²) >= 11 is 0. The van der Waals surface area contributed by atoms with Crippen molar-refractivity contribution >= 4 is 18.3 Å². The molecule has 28 heavy (non-hydrogen) atoms. The summed E-state index contributed by atoms with van der Waals surface area (Å²) < 4.78 is 10.2. The van der Waals surface area contributed by atoms with Gasteiger partial charge < -0.3 is 20.1 Å². The van der Waals surface area contributed by atoms with Crippen LogP contribution in [-0.4, -0.2) is 41.4 Å². The third-order valence-electron chi connectivity index (χ3n) is 3.11. The molecule has 7 nitrogen and oxygen atoms in total. The molecule has 2 amide bonds. The lowest BCUT2D eigenvalue weighted by Gasteiger charge is -2.14. The SMILES string of the molecule is CC(C)(C)OC=O.CC(C)Oc1cccc2c1CN(CC(N)=O)C2=O.CCC. The number of benzene rings is 1. The standard InChI is InChI=1S/C13H16N2O3.C5H10O2.C3H8/c1-8(2)18-11-5-3-4-9-10(11)6-15(13(9)17)7-12(14)16;1-5(2,3)7-4-6;1-3-2/h3-5,8H,6-7H2,1-2H3,(H2,14,16);4H,1-3H3;3H2,1-2H3. The van der Waals surface area contributed by atoms with Gasteiger partial charge in [0.2, 0.25) is 5.91 Å². The number of carbonyl (C=O) groups is 3. The summed E-state index contributed by atoms with van der Waals surface area (Å²) in [6.45, 7) is 14.3. The van der Waals surface area contributed by atoms with Crippen LogP contribution in [0.3, 0.4) is 0 Å². The van der Waals surface area contributed by atoms with Gasteiger partial charge >= 0.3 is 0 Å². The van der Waals surface area contributed by atoms with Crippen LogP contribution >= 0.6 is 0 Å². The van der Waals surface area contributed by atoms with Crippen LogP contribution < -0.4 is 10.5 Å². The number of hydrogen-bond donors (Lipinski definition) is 1. The summed E-state index contributed by atoms with van der Waals surface area (Å²) in [4.78, 5) is 34.0. The molecule has 0 radical (unpaired) electrons. The fraction of sp³-hybridized carbons (Fsp3) is 0.571. The fourth-order valence-electron chi connectivity index (χ4n) is 2.19. The summed E-state index contributed by atoms with van der Waals surface area (Å²) in [5, 5.41) is 0. The lowest BCUT2D eigenvalue weighted by atomic mass is 10.1. The van der Waals surface area contributed by atoms with Gasteiger partial charge in [-0.25, -0.2) is 0 Å². The Kier molecular flexibility index (Phi) is 10.9. The van der Waals surface area contributed by atoms with Crippen LogP contribution in [0.2, 0.25) is 0 Å². The van der Waals surface area contributed by atoms with Gasteiger partial charge in [-0.15, -0.1) is 0 Å². The van der Waals surface area contributed by atoms with Crippen LogP contribution in [0, 0.1) is 0 Å². The first-order chi connectivity index (χ1) is 13.0. The molecule has 1 aromatic rings. The number of amides is 2. The van der Waals surface area contributed by atoms with Gasteiger partial charge in [-0.05, 0) is 46.8 Å². The quantitative estimate of drug-likeness (QED) is 0.773. The smallest absolute Gasteiger partial charge is 0.293 e. The van der Waals surface area contributed by atoms with Crippen LogP contribution in [0.1, 0.15) is 70.8 Å². The van der Waals surface area contributed by atoms with E-state index in [1.165, 1.54) is 11.3 Å². The van der Waals surface area contributed by atoms with Crippen LogP contribution in [0.25, 0.3) is 0 Å². The minimum absolute atomic E-state index is 0.0387. The Bertz CT molecular complexity index is 651. The number of nitrogens with zero attached hydrogens (tertiary/aromatic N) is 1. The van der Waals surface area contributed by atoms with E-state index in [4.69, 9.17) is 10.5 Å². The van der Waals surface area contributed by atoms with Gasteiger partial charge in [0.25, 0.3) is 12.4 Å². The molecule has 1 aliphatic rings. The molecule has 0 fully saturated rings. The highest BCUT2D eigenvalue weighted by Gasteiger charge is 2.30. The summed E-state index contributed by atoms with van der Waals surface area (Å²) in [7, 11) is 0. The van der Waals surface area contributed by atoms with Crippen molar-refractivity contribution in [3.63, 3.8) is 0 Å². The highest BCUT2D eigenvalue weighted by atomic mass is 16.5. The molecule has 7 heteroatoms. The second kappa shape index (κ2) is 12.0. The highest BCUT2D eigenvalue weighted by Crippen LogP contribution is 2.31. The molecule has 2 N–H and O–H groups in total. The van der Waals surface area contributed by atoms with Gasteiger partial charge in [-0.2, -0.15) is 0 Å². The Morgan fingerprint density at radius 3 is 2.25 bits per heavy atom. The summed E-state index contributed by atoms with van der Waals surface area (Å²) in [5.41, 5.74) is 6.23. The molecule has 0 aliphatic carbocycles. The van der Waals surface area contributed by atoms with Gasteiger partial charge in [0.15, 0.2) is 0 Å². The average Bonchev–Trinajstić information content (AvgIpc) is 2.84. The van der Waals surface area contributed by atoms with E-state index in [9.17, 15) is 14.4 Å². The molecule has 0 spiro atoms. The van der Waals surface area contributed by atoms with Gasteiger partial charge in [0.1, 0.15) is 11.4 Å². The number of hydrogen-bond acceptors (Lipinski definition) is 5. The fourth-order valence-corrected chi connectivity index (χ4v) is 2.19. The predicted octanol–water partition coefficient (Wildman–Crippen LogP) is 3.29. The Morgan fingerprint density at radius 1 is 1.29 bits per heavy atom. The Morgan fingerprint density at radius 2 is 1.86 bits per heavy atom. The van der Waals surface area contributed by atoms with Crippen molar-refractivity contribution in [2.24, 2.45) is 5.73 Å². The first-order valence-corrected chi connectivity index (χ1v) is 9.44. The molecule has 1 aromatic carbocycles. The normalized spacial score (nSPS) is 12.3. The van der Waals surface area contributed by atoms with E-state index in [2.05, 4.69) is 18.6 Å². The number of rotatable bonds is 5. The topological polar surface area (TPSA) is 98.9 Å². The van der Waals surface area contributed by atoms with Crippen molar-refractivity contribution in [1.29, 1.82) is 0 Å². The van der Waals surface area contributed by atoms with Crippen molar-refractivity contribution < 1.29 is 23.9 Å². The highest BCUT2D eigenvalue weighted by molar-refractivity contribution is 6.00. The van der Waals surface area contributed by atoms with Gasteiger partial charge in [0, 0.05) is 11.1 Å².